The zero-order chi connectivity index (χ0) is 18.4. The van der Waals surface area contributed by atoms with Gasteiger partial charge < -0.3 is 4.74 Å². The third-order valence-corrected chi connectivity index (χ3v) is 6.65. The van der Waals surface area contributed by atoms with E-state index in [1.807, 2.05) is 24.3 Å². The van der Waals surface area contributed by atoms with E-state index in [1.54, 1.807) is 6.92 Å². The first kappa shape index (κ1) is 17.4. The van der Waals surface area contributed by atoms with Crippen LogP contribution in [0.15, 0.2) is 43.8 Å². The van der Waals surface area contributed by atoms with Gasteiger partial charge in [-0.1, -0.05) is 39.8 Å². The lowest BCUT2D eigenvalue weighted by molar-refractivity contribution is 0.0605. The minimum atomic E-state index is -0.459. The zero-order valence-corrected chi connectivity index (χ0v) is 17.0. The first-order valence-corrected chi connectivity index (χ1v) is 10.2. The number of nitrogens with zero attached hydrogens (tertiary/aromatic N) is 3. The van der Waals surface area contributed by atoms with Crippen LogP contribution >= 0.6 is 39.0 Å². The summed E-state index contributed by atoms with van der Waals surface area (Å²) in [6.07, 6.45) is 0. The summed E-state index contributed by atoms with van der Waals surface area (Å²) < 4.78 is 7.10. The van der Waals surface area contributed by atoms with Crippen molar-refractivity contribution in [1.29, 1.82) is 0 Å². The highest BCUT2D eigenvalue weighted by molar-refractivity contribution is 9.10. The fourth-order valence-electron chi connectivity index (χ4n) is 2.69. The number of methoxy groups -OCH3 is 1. The van der Waals surface area contributed by atoms with Crippen molar-refractivity contribution in [1.82, 2.24) is 9.66 Å². The Morgan fingerprint density at radius 3 is 2.73 bits per heavy atom. The van der Waals surface area contributed by atoms with E-state index >= 15 is 0 Å². The van der Waals surface area contributed by atoms with Crippen LogP contribution < -0.4 is 5.56 Å². The number of esters is 1. The third kappa shape index (κ3) is 2.80. The van der Waals surface area contributed by atoms with E-state index in [0.717, 1.165) is 15.7 Å². The summed E-state index contributed by atoms with van der Waals surface area (Å²) >= 11 is 6.05. The number of hydrogen-bond donors (Lipinski definition) is 0. The van der Waals surface area contributed by atoms with Gasteiger partial charge in [-0.15, -0.1) is 11.3 Å². The Labute approximate surface area is 165 Å². The number of carbonyl (C=O) groups excluding carboxylic acids is 1. The molecule has 9 heteroatoms. The SMILES string of the molecule is COC(=O)c1sc2nc3n(c(=O)c2c1C)N=C(c1ccc(Br)cc1)CS3. The van der Waals surface area contributed by atoms with E-state index in [2.05, 4.69) is 26.0 Å². The molecule has 1 aromatic carbocycles. The van der Waals surface area contributed by atoms with Crippen molar-refractivity contribution in [3.05, 3.63) is 55.1 Å². The Hall–Kier alpha value is -1.97. The molecule has 132 valence electrons. The zero-order valence-electron chi connectivity index (χ0n) is 13.8. The summed E-state index contributed by atoms with van der Waals surface area (Å²) in [5, 5.41) is 5.47. The van der Waals surface area contributed by atoms with Crippen molar-refractivity contribution in [3.8, 4) is 0 Å². The molecule has 0 saturated heterocycles. The molecule has 0 amide bonds. The van der Waals surface area contributed by atoms with Crippen LogP contribution in [-0.2, 0) is 4.74 Å². The molecular formula is C17H12BrN3O3S2. The highest BCUT2D eigenvalue weighted by Gasteiger charge is 2.24. The molecule has 4 rings (SSSR count). The molecule has 0 spiro atoms. The van der Waals surface area contributed by atoms with Crippen LogP contribution in [0.2, 0.25) is 0 Å². The van der Waals surface area contributed by atoms with Gasteiger partial charge in [0.25, 0.3) is 5.56 Å². The standard InChI is InChI=1S/C17H12BrN3O3S2/c1-8-12-14(26-13(8)16(23)24-2)19-17-21(15(12)22)20-11(7-25-17)9-3-5-10(18)6-4-9/h3-6H,7H2,1-2H3. The molecule has 6 nitrogen and oxygen atoms in total. The van der Waals surface area contributed by atoms with Gasteiger partial charge >= 0.3 is 5.97 Å². The second kappa shape index (κ2) is 6.64. The number of ether oxygens (including phenoxy) is 1. The number of fused-ring (bicyclic) bond motifs is 2. The summed E-state index contributed by atoms with van der Waals surface area (Å²) in [6.45, 7) is 1.73. The van der Waals surface area contributed by atoms with Gasteiger partial charge in [0.15, 0.2) is 5.16 Å². The summed E-state index contributed by atoms with van der Waals surface area (Å²) in [4.78, 5) is 30.4. The number of thiophene rings is 1. The molecule has 0 bridgehead atoms. The number of aromatic nitrogens is 2. The van der Waals surface area contributed by atoms with E-state index in [-0.39, 0.29) is 5.56 Å². The topological polar surface area (TPSA) is 73.5 Å². The quantitative estimate of drug-likeness (QED) is 0.440. The van der Waals surface area contributed by atoms with Gasteiger partial charge in [-0.2, -0.15) is 9.78 Å². The second-order valence-corrected chi connectivity index (χ2v) is 8.44. The van der Waals surface area contributed by atoms with Gasteiger partial charge in [0, 0.05) is 10.2 Å². The van der Waals surface area contributed by atoms with Crippen LogP contribution in [0.3, 0.4) is 0 Å². The van der Waals surface area contributed by atoms with Crippen LogP contribution in [0, 0.1) is 6.92 Å². The number of halogens is 1. The van der Waals surface area contributed by atoms with Crippen molar-refractivity contribution < 1.29 is 9.53 Å². The maximum atomic E-state index is 13.0. The molecule has 0 unspecified atom stereocenters. The molecule has 3 heterocycles. The molecule has 3 aromatic rings. The molecule has 0 N–H and O–H groups in total. The lowest BCUT2D eigenvalue weighted by atomic mass is 10.1. The van der Waals surface area contributed by atoms with Crippen LogP contribution in [0.5, 0.6) is 0 Å². The Bertz CT molecular complexity index is 1130. The average Bonchev–Trinajstić information content (AvgIpc) is 2.98. The summed E-state index contributed by atoms with van der Waals surface area (Å²) in [5.74, 6) is 0.160. The van der Waals surface area contributed by atoms with Crippen molar-refractivity contribution in [2.24, 2.45) is 5.10 Å². The monoisotopic (exact) mass is 449 g/mol. The normalized spacial score (nSPS) is 13.4. The van der Waals surface area contributed by atoms with E-state index in [4.69, 9.17) is 4.74 Å². The van der Waals surface area contributed by atoms with Crippen LogP contribution in [0.25, 0.3) is 10.2 Å². The Morgan fingerprint density at radius 2 is 2.04 bits per heavy atom. The Kier molecular flexibility index (Phi) is 4.45. The van der Waals surface area contributed by atoms with Crippen molar-refractivity contribution in [3.63, 3.8) is 0 Å². The summed E-state index contributed by atoms with van der Waals surface area (Å²) in [7, 11) is 1.32. The first-order chi connectivity index (χ1) is 12.5. The maximum Gasteiger partial charge on any atom is 0.348 e. The lowest BCUT2D eigenvalue weighted by Crippen LogP contribution is -2.25. The third-order valence-electron chi connectivity index (χ3n) is 4.02. The summed E-state index contributed by atoms with van der Waals surface area (Å²) in [6, 6.07) is 7.79. The number of benzene rings is 1. The predicted molar refractivity (Wildman–Crippen MR) is 107 cm³/mol. The first-order valence-electron chi connectivity index (χ1n) is 7.60. The van der Waals surface area contributed by atoms with Crippen molar-refractivity contribution in [2.75, 3.05) is 12.9 Å². The Balaban J connectivity index is 1.90. The van der Waals surface area contributed by atoms with Gasteiger partial charge in [0.1, 0.15) is 9.71 Å². The van der Waals surface area contributed by atoms with E-state index in [9.17, 15) is 9.59 Å². The van der Waals surface area contributed by atoms with Crippen LogP contribution in [0.4, 0.5) is 0 Å². The fraction of sp³-hybridized carbons (Fsp3) is 0.176. The maximum absolute atomic E-state index is 13.0. The smallest absolute Gasteiger partial charge is 0.348 e. The van der Waals surface area contributed by atoms with Gasteiger partial charge in [-0.05, 0) is 30.2 Å². The highest BCUT2D eigenvalue weighted by atomic mass is 79.9. The van der Waals surface area contributed by atoms with Gasteiger partial charge in [-0.3, -0.25) is 4.79 Å². The molecule has 0 saturated carbocycles. The molecule has 26 heavy (non-hydrogen) atoms. The molecule has 0 radical (unpaired) electrons. The molecule has 1 aliphatic rings. The van der Waals surface area contributed by atoms with Crippen molar-refractivity contribution >= 4 is 60.9 Å². The lowest BCUT2D eigenvalue weighted by Gasteiger charge is -2.15. The van der Waals surface area contributed by atoms with Gasteiger partial charge in [0.05, 0.1) is 18.2 Å². The Morgan fingerprint density at radius 1 is 1.31 bits per heavy atom. The van der Waals surface area contributed by atoms with E-state index in [1.165, 1.54) is 34.9 Å². The van der Waals surface area contributed by atoms with E-state index in [0.29, 0.717) is 31.6 Å². The van der Waals surface area contributed by atoms with Crippen LogP contribution in [-0.4, -0.2) is 34.2 Å². The minimum absolute atomic E-state index is 0.268. The number of thioether (sulfide) groups is 1. The predicted octanol–water partition coefficient (Wildman–Crippen LogP) is 3.67. The largest absolute Gasteiger partial charge is 0.465 e. The number of carbonyl (C=O) groups is 1. The number of hydrogen-bond acceptors (Lipinski definition) is 7. The van der Waals surface area contributed by atoms with Gasteiger partial charge in [-0.25, -0.2) is 9.78 Å². The number of aryl methyl sites for hydroxylation is 1. The molecule has 0 atom stereocenters. The van der Waals surface area contributed by atoms with Crippen molar-refractivity contribution in [2.45, 2.75) is 12.1 Å². The second-order valence-electron chi connectivity index (χ2n) is 5.58. The van der Waals surface area contributed by atoms with Gasteiger partial charge in [0.2, 0.25) is 0 Å². The number of rotatable bonds is 2. The molecule has 0 aliphatic carbocycles. The molecule has 1 aliphatic heterocycles. The van der Waals surface area contributed by atoms with Crippen LogP contribution in [0.1, 0.15) is 20.8 Å². The highest BCUT2D eigenvalue weighted by Crippen LogP contribution is 2.31. The fourth-order valence-corrected chi connectivity index (χ4v) is 4.99. The average molecular weight is 450 g/mol. The molecular weight excluding hydrogens is 438 g/mol. The molecule has 0 fully saturated rings. The van der Waals surface area contributed by atoms with E-state index < -0.39 is 5.97 Å². The minimum Gasteiger partial charge on any atom is -0.465 e. The summed E-state index contributed by atoms with van der Waals surface area (Å²) in [5.41, 5.74) is 2.08. The molecule has 2 aromatic heterocycles.